The van der Waals surface area contributed by atoms with Gasteiger partial charge in [0.25, 0.3) is 0 Å². The Kier molecular flexibility index (Phi) is 4.34. The molecule has 1 aliphatic rings. The summed E-state index contributed by atoms with van der Waals surface area (Å²) in [4.78, 5) is 12.1. The number of rotatable bonds is 2. The molecule has 0 aromatic heterocycles. The summed E-state index contributed by atoms with van der Waals surface area (Å²) in [7, 11) is 0. The van der Waals surface area contributed by atoms with Crippen LogP contribution in [0.3, 0.4) is 0 Å². The van der Waals surface area contributed by atoms with Gasteiger partial charge in [0, 0.05) is 17.4 Å². The second-order valence-electron chi connectivity index (χ2n) is 6.76. The average Bonchev–Trinajstić information content (AvgIpc) is 2.54. The zero-order valence-electron chi connectivity index (χ0n) is 14.2. The maximum Gasteiger partial charge on any atom is 0.323 e. The van der Waals surface area contributed by atoms with E-state index in [-0.39, 0.29) is 11.4 Å². The molecule has 2 aromatic rings. The highest BCUT2D eigenvalue weighted by atomic mass is 16.6. The Morgan fingerprint density at radius 2 is 1.46 bits per heavy atom. The van der Waals surface area contributed by atoms with Crippen LogP contribution in [0.4, 0.5) is 16.2 Å². The molecule has 5 nitrogen and oxygen atoms in total. The first-order valence-electron chi connectivity index (χ1n) is 8.00. The predicted octanol–water partition coefficient (Wildman–Crippen LogP) is 4.40. The maximum atomic E-state index is 12.1. The number of urea groups is 1. The van der Waals surface area contributed by atoms with Crippen molar-refractivity contribution >= 4 is 17.4 Å². The lowest BCUT2D eigenvalue weighted by Gasteiger charge is -2.19. The van der Waals surface area contributed by atoms with Gasteiger partial charge in [0.05, 0.1) is 0 Å². The number of anilines is 2. The van der Waals surface area contributed by atoms with Crippen molar-refractivity contribution in [1.82, 2.24) is 0 Å². The fraction of sp³-hybridized carbons (Fsp3) is 0.316. The van der Waals surface area contributed by atoms with Crippen molar-refractivity contribution in [3.63, 3.8) is 0 Å². The van der Waals surface area contributed by atoms with Crippen molar-refractivity contribution in [2.75, 3.05) is 23.8 Å². The molecule has 0 radical (unpaired) electrons. The van der Waals surface area contributed by atoms with Gasteiger partial charge in [0.15, 0.2) is 11.5 Å². The minimum Gasteiger partial charge on any atom is -0.486 e. The van der Waals surface area contributed by atoms with E-state index in [4.69, 9.17) is 9.47 Å². The van der Waals surface area contributed by atoms with Crippen molar-refractivity contribution in [3.05, 3.63) is 48.0 Å². The molecule has 24 heavy (non-hydrogen) atoms. The second kappa shape index (κ2) is 6.43. The minimum atomic E-state index is -0.296. The van der Waals surface area contributed by atoms with Gasteiger partial charge in [-0.15, -0.1) is 0 Å². The van der Waals surface area contributed by atoms with E-state index in [1.165, 1.54) is 5.56 Å². The first kappa shape index (κ1) is 16.2. The Morgan fingerprint density at radius 3 is 2.12 bits per heavy atom. The molecule has 2 aromatic carbocycles. The van der Waals surface area contributed by atoms with E-state index < -0.39 is 0 Å². The Balaban J connectivity index is 1.63. The van der Waals surface area contributed by atoms with Crippen LogP contribution in [0.5, 0.6) is 11.5 Å². The summed E-state index contributed by atoms with van der Waals surface area (Å²) in [5.41, 5.74) is 2.72. The average molecular weight is 326 g/mol. The molecule has 2 amide bonds. The lowest BCUT2D eigenvalue weighted by Crippen LogP contribution is -2.20. The summed E-state index contributed by atoms with van der Waals surface area (Å²) >= 11 is 0. The van der Waals surface area contributed by atoms with Gasteiger partial charge in [-0.05, 0) is 35.2 Å². The third-order valence-electron chi connectivity index (χ3n) is 3.81. The molecule has 0 unspecified atom stereocenters. The highest BCUT2D eigenvalue weighted by Crippen LogP contribution is 2.32. The Morgan fingerprint density at radius 1 is 0.875 bits per heavy atom. The topological polar surface area (TPSA) is 59.6 Å². The number of ether oxygens (including phenoxy) is 2. The first-order valence-corrected chi connectivity index (χ1v) is 8.00. The zero-order chi connectivity index (χ0) is 17.2. The molecular weight excluding hydrogens is 304 g/mol. The van der Waals surface area contributed by atoms with Gasteiger partial charge in [-0.3, -0.25) is 0 Å². The molecule has 5 heteroatoms. The fourth-order valence-electron chi connectivity index (χ4n) is 2.47. The van der Waals surface area contributed by atoms with E-state index in [9.17, 15) is 4.79 Å². The smallest absolute Gasteiger partial charge is 0.323 e. The first-order chi connectivity index (χ1) is 11.4. The summed E-state index contributed by atoms with van der Waals surface area (Å²) in [6.45, 7) is 7.53. The van der Waals surface area contributed by atoms with Crippen LogP contribution in [0.25, 0.3) is 0 Å². The van der Waals surface area contributed by atoms with Crippen LogP contribution in [0.2, 0.25) is 0 Å². The molecule has 0 fully saturated rings. The van der Waals surface area contributed by atoms with Crippen LogP contribution < -0.4 is 20.1 Å². The number of hydrogen-bond donors (Lipinski definition) is 2. The summed E-state index contributed by atoms with van der Waals surface area (Å²) in [6.07, 6.45) is 0. The number of nitrogens with one attached hydrogen (secondary N) is 2. The quantitative estimate of drug-likeness (QED) is 0.860. The molecule has 0 spiro atoms. The Hall–Kier alpha value is -2.69. The monoisotopic (exact) mass is 326 g/mol. The third kappa shape index (κ3) is 3.79. The molecule has 1 aliphatic heterocycles. The highest BCUT2D eigenvalue weighted by Gasteiger charge is 2.14. The van der Waals surface area contributed by atoms with Gasteiger partial charge < -0.3 is 20.1 Å². The second-order valence-corrected chi connectivity index (χ2v) is 6.76. The molecule has 3 rings (SSSR count). The van der Waals surface area contributed by atoms with Crippen molar-refractivity contribution < 1.29 is 14.3 Å². The molecular formula is C19H22N2O3. The summed E-state index contributed by atoms with van der Waals surface area (Å²) in [5, 5.41) is 5.63. The van der Waals surface area contributed by atoms with Crippen LogP contribution in [0.15, 0.2) is 42.5 Å². The molecule has 126 valence electrons. The standard InChI is InChI=1S/C19H22N2O3/c1-19(2,3)13-4-6-14(7-5-13)20-18(22)21-15-8-9-16-17(12-15)24-11-10-23-16/h4-9,12H,10-11H2,1-3H3,(H2,20,21,22). The van der Waals surface area contributed by atoms with E-state index in [1.54, 1.807) is 18.2 Å². The number of fused-ring (bicyclic) bond motifs is 1. The van der Waals surface area contributed by atoms with E-state index >= 15 is 0 Å². The maximum absolute atomic E-state index is 12.1. The van der Waals surface area contributed by atoms with Gasteiger partial charge in [0.2, 0.25) is 0 Å². The summed E-state index contributed by atoms with van der Waals surface area (Å²) in [6, 6.07) is 12.9. The number of carbonyl (C=O) groups excluding carboxylic acids is 1. The minimum absolute atomic E-state index is 0.0893. The Bertz CT molecular complexity index is 733. The molecule has 0 atom stereocenters. The largest absolute Gasteiger partial charge is 0.486 e. The van der Waals surface area contributed by atoms with Gasteiger partial charge >= 0.3 is 6.03 Å². The zero-order valence-corrected chi connectivity index (χ0v) is 14.2. The summed E-state index contributed by atoms with van der Waals surface area (Å²) < 4.78 is 11.0. The number of benzene rings is 2. The van der Waals surface area contributed by atoms with E-state index in [2.05, 4.69) is 31.4 Å². The molecule has 2 N–H and O–H groups in total. The molecule has 0 saturated carbocycles. The lowest BCUT2D eigenvalue weighted by molar-refractivity contribution is 0.171. The Labute approximate surface area is 142 Å². The lowest BCUT2D eigenvalue weighted by atomic mass is 9.87. The van der Waals surface area contributed by atoms with Gasteiger partial charge in [0.1, 0.15) is 13.2 Å². The number of hydrogen-bond acceptors (Lipinski definition) is 3. The van der Waals surface area contributed by atoms with Gasteiger partial charge in [-0.2, -0.15) is 0 Å². The molecule has 0 aliphatic carbocycles. The van der Waals surface area contributed by atoms with Crippen molar-refractivity contribution in [2.45, 2.75) is 26.2 Å². The van der Waals surface area contributed by atoms with E-state index in [0.717, 1.165) is 5.69 Å². The van der Waals surface area contributed by atoms with Gasteiger partial charge in [-0.25, -0.2) is 4.79 Å². The van der Waals surface area contributed by atoms with Crippen LogP contribution in [-0.4, -0.2) is 19.2 Å². The molecule has 0 bridgehead atoms. The van der Waals surface area contributed by atoms with Crippen LogP contribution in [0, 0.1) is 0 Å². The van der Waals surface area contributed by atoms with E-state index in [0.29, 0.717) is 30.4 Å². The summed E-state index contributed by atoms with van der Waals surface area (Å²) in [5.74, 6) is 1.35. The van der Waals surface area contributed by atoms with Crippen LogP contribution in [0.1, 0.15) is 26.3 Å². The normalized spacial score (nSPS) is 13.3. The van der Waals surface area contributed by atoms with Crippen LogP contribution >= 0.6 is 0 Å². The van der Waals surface area contributed by atoms with Gasteiger partial charge in [-0.1, -0.05) is 32.9 Å². The highest BCUT2D eigenvalue weighted by molar-refractivity contribution is 5.99. The number of carbonyl (C=O) groups is 1. The van der Waals surface area contributed by atoms with Crippen molar-refractivity contribution in [2.24, 2.45) is 0 Å². The fourth-order valence-corrected chi connectivity index (χ4v) is 2.47. The predicted molar refractivity (Wildman–Crippen MR) is 95.2 cm³/mol. The number of amides is 2. The van der Waals surface area contributed by atoms with Crippen LogP contribution in [-0.2, 0) is 5.41 Å². The molecule has 1 heterocycles. The van der Waals surface area contributed by atoms with Crippen molar-refractivity contribution in [1.29, 1.82) is 0 Å². The molecule has 0 saturated heterocycles. The van der Waals surface area contributed by atoms with Crippen molar-refractivity contribution in [3.8, 4) is 11.5 Å². The van der Waals surface area contributed by atoms with E-state index in [1.807, 2.05) is 24.3 Å². The third-order valence-corrected chi connectivity index (χ3v) is 3.81. The SMILES string of the molecule is CC(C)(C)c1ccc(NC(=O)Nc2ccc3c(c2)OCCO3)cc1.